The largest absolute Gasteiger partial charge is 0.383 e. The molecule has 2 aromatic heterocycles. The van der Waals surface area contributed by atoms with Crippen molar-refractivity contribution in [3.05, 3.63) is 72.2 Å². The van der Waals surface area contributed by atoms with Gasteiger partial charge in [-0.25, -0.2) is 4.98 Å². The third-order valence-electron chi connectivity index (χ3n) is 9.27. The molecule has 0 radical (unpaired) electrons. The van der Waals surface area contributed by atoms with Crippen LogP contribution in [-0.4, -0.2) is 87.7 Å². The molecule has 44 heavy (non-hydrogen) atoms. The first-order chi connectivity index (χ1) is 21.2. The quantitative estimate of drug-likeness (QED) is 0.330. The fraction of sp³-hybridized carbons (Fsp3) is 0.412. The number of fused-ring (bicyclic) bond motifs is 1. The van der Waals surface area contributed by atoms with E-state index in [1.165, 1.54) is 18.5 Å². The van der Waals surface area contributed by atoms with Crippen LogP contribution in [0.25, 0.3) is 21.9 Å². The van der Waals surface area contributed by atoms with Gasteiger partial charge in [-0.1, -0.05) is 12.1 Å². The van der Waals surface area contributed by atoms with Gasteiger partial charge in [-0.3, -0.25) is 14.3 Å². The zero-order valence-corrected chi connectivity index (χ0v) is 26.0. The Balaban J connectivity index is 1.08. The number of nitrogen functional groups attached to an aromatic ring is 1. The van der Waals surface area contributed by atoms with Crippen LogP contribution in [0.4, 0.5) is 11.5 Å². The Kier molecular flexibility index (Phi) is 8.27. The number of hydrogen-bond donors (Lipinski definition) is 2. The Labute approximate surface area is 258 Å². The van der Waals surface area contributed by atoms with Crippen molar-refractivity contribution in [2.75, 3.05) is 43.9 Å². The Morgan fingerprint density at radius 2 is 1.73 bits per heavy atom. The van der Waals surface area contributed by atoms with Crippen molar-refractivity contribution in [3.8, 4) is 11.1 Å². The number of aryl methyl sites for hydroxylation is 1. The molecule has 2 saturated heterocycles. The number of rotatable bonds is 7. The van der Waals surface area contributed by atoms with E-state index in [9.17, 15) is 9.59 Å². The van der Waals surface area contributed by atoms with E-state index in [0.717, 1.165) is 35.0 Å². The summed E-state index contributed by atoms with van der Waals surface area (Å²) in [7, 11) is 4.03. The lowest BCUT2D eigenvalue weighted by atomic mass is 10.0. The molecule has 4 heterocycles. The number of amides is 2. The Bertz CT molecular complexity index is 1670. The van der Waals surface area contributed by atoms with Gasteiger partial charge < -0.3 is 25.8 Å². The highest BCUT2D eigenvalue weighted by atomic mass is 16.2. The number of likely N-dealkylation sites (tertiary alicyclic amines) is 2. The first kappa shape index (κ1) is 29.6. The lowest BCUT2D eigenvalue weighted by Crippen LogP contribution is -2.45. The maximum absolute atomic E-state index is 13.5. The lowest BCUT2D eigenvalue weighted by molar-refractivity contribution is 0.0783. The number of hydrogen-bond acceptors (Lipinski definition) is 7. The summed E-state index contributed by atoms with van der Waals surface area (Å²) in [6.07, 6.45) is 8.22. The highest BCUT2D eigenvalue weighted by Gasteiger charge is 2.29. The summed E-state index contributed by atoms with van der Waals surface area (Å²) < 4.78 is 1.69. The number of carbonyl (C=O) groups excluding carboxylic acids is 2. The van der Waals surface area contributed by atoms with Crippen LogP contribution in [0.1, 0.15) is 53.8 Å². The first-order valence-corrected chi connectivity index (χ1v) is 15.5. The molecule has 0 spiro atoms. The standard InChI is InChI=1S/C34H42N8O2/c1-22(2)41-13-10-29(11-14-41)40(4)30-8-7-23-15-25(6-5-24(23)16-30)34(44)42-12-9-28(21-42)38-33(43)31-17-26(18-36-32(31)35)27-19-37-39(3)20-27/h5-8,15-20,22,28-29H,9-14,21H2,1-4H3,(H2,35,36)(H,38,43)/t28-/m1/s1. The highest BCUT2D eigenvalue weighted by Crippen LogP contribution is 2.28. The molecule has 2 fully saturated rings. The van der Waals surface area contributed by atoms with Crippen molar-refractivity contribution in [2.45, 2.75) is 51.2 Å². The normalized spacial score (nSPS) is 17.8. The van der Waals surface area contributed by atoms with E-state index in [2.05, 4.69) is 64.3 Å². The summed E-state index contributed by atoms with van der Waals surface area (Å²) in [6, 6.07) is 15.1. The molecule has 6 rings (SSSR count). The maximum atomic E-state index is 13.5. The van der Waals surface area contributed by atoms with Crippen molar-refractivity contribution in [1.29, 1.82) is 0 Å². The zero-order chi connectivity index (χ0) is 31.0. The molecule has 2 aliphatic heterocycles. The minimum Gasteiger partial charge on any atom is -0.383 e. The number of carbonyl (C=O) groups is 2. The first-order valence-electron chi connectivity index (χ1n) is 15.5. The molecule has 0 unspecified atom stereocenters. The van der Waals surface area contributed by atoms with Crippen LogP contribution in [0.5, 0.6) is 0 Å². The lowest BCUT2D eigenvalue weighted by Gasteiger charge is -2.39. The number of nitrogens with zero attached hydrogens (tertiary/aromatic N) is 6. The predicted octanol–water partition coefficient (Wildman–Crippen LogP) is 4.17. The highest BCUT2D eigenvalue weighted by molar-refractivity contribution is 6.01. The van der Waals surface area contributed by atoms with E-state index < -0.39 is 0 Å². The van der Waals surface area contributed by atoms with Crippen LogP contribution < -0.4 is 16.0 Å². The summed E-state index contributed by atoms with van der Waals surface area (Å²) in [5, 5.41) is 9.41. The molecule has 2 aliphatic rings. The number of nitrogens with two attached hydrogens (primary N) is 1. The van der Waals surface area contributed by atoms with Gasteiger partial charge >= 0.3 is 0 Å². The maximum Gasteiger partial charge on any atom is 0.255 e. The van der Waals surface area contributed by atoms with Crippen LogP contribution in [-0.2, 0) is 7.05 Å². The summed E-state index contributed by atoms with van der Waals surface area (Å²) >= 11 is 0. The summed E-state index contributed by atoms with van der Waals surface area (Å²) in [6.45, 7) is 7.83. The van der Waals surface area contributed by atoms with Gasteiger partial charge in [0.25, 0.3) is 11.8 Å². The molecule has 10 nitrogen and oxygen atoms in total. The number of nitrogens with one attached hydrogen (secondary N) is 1. The molecular formula is C34H42N8O2. The topological polar surface area (TPSA) is 113 Å². The summed E-state index contributed by atoms with van der Waals surface area (Å²) in [5.41, 5.74) is 9.86. The van der Waals surface area contributed by atoms with E-state index in [0.29, 0.717) is 42.7 Å². The summed E-state index contributed by atoms with van der Waals surface area (Å²) in [4.78, 5) is 37.6. The van der Waals surface area contributed by atoms with Crippen molar-refractivity contribution >= 4 is 34.1 Å². The number of aromatic nitrogens is 3. The number of piperidine rings is 1. The van der Waals surface area contributed by atoms with Crippen LogP contribution in [0.3, 0.4) is 0 Å². The predicted molar refractivity (Wildman–Crippen MR) is 175 cm³/mol. The van der Waals surface area contributed by atoms with Crippen molar-refractivity contribution in [2.24, 2.45) is 7.05 Å². The monoisotopic (exact) mass is 594 g/mol. The van der Waals surface area contributed by atoms with Crippen LogP contribution in [0.15, 0.2) is 61.1 Å². The van der Waals surface area contributed by atoms with Crippen LogP contribution in [0.2, 0.25) is 0 Å². The average Bonchev–Trinajstić information content (AvgIpc) is 3.69. The van der Waals surface area contributed by atoms with E-state index in [1.807, 2.05) is 36.3 Å². The van der Waals surface area contributed by atoms with E-state index in [1.54, 1.807) is 23.1 Å². The fourth-order valence-corrected chi connectivity index (χ4v) is 6.48. The SMILES string of the molecule is CC(C)N1CCC(N(C)c2ccc3cc(C(=O)N4CC[C@@H](NC(=O)c5cc(-c6cnn(C)c6)cnc5N)C4)ccc3c2)CC1. The molecule has 230 valence electrons. The second-order valence-corrected chi connectivity index (χ2v) is 12.5. The van der Waals surface area contributed by atoms with Gasteiger partial charge in [0, 0.05) is 93.2 Å². The molecule has 0 bridgehead atoms. The van der Waals surface area contributed by atoms with Gasteiger partial charge in [-0.2, -0.15) is 5.10 Å². The van der Waals surface area contributed by atoms with E-state index in [-0.39, 0.29) is 23.7 Å². The van der Waals surface area contributed by atoms with Crippen molar-refractivity contribution in [1.82, 2.24) is 29.9 Å². The number of pyridine rings is 1. The van der Waals surface area contributed by atoms with Gasteiger partial charge in [0.1, 0.15) is 5.82 Å². The molecule has 0 saturated carbocycles. The Hall–Kier alpha value is -4.44. The molecule has 0 aliphatic carbocycles. The van der Waals surface area contributed by atoms with Gasteiger partial charge in [0.15, 0.2) is 0 Å². The molecule has 4 aromatic rings. The second-order valence-electron chi connectivity index (χ2n) is 12.5. The van der Waals surface area contributed by atoms with Gasteiger partial charge in [0.05, 0.1) is 11.8 Å². The van der Waals surface area contributed by atoms with Crippen LogP contribution in [0, 0.1) is 0 Å². The number of benzene rings is 2. The Morgan fingerprint density at radius 3 is 2.45 bits per heavy atom. The minimum absolute atomic E-state index is 0.0264. The van der Waals surface area contributed by atoms with Gasteiger partial charge in [-0.05, 0) is 74.2 Å². The molecule has 1 atom stereocenters. The fourth-order valence-electron chi connectivity index (χ4n) is 6.48. The zero-order valence-electron chi connectivity index (χ0n) is 26.0. The van der Waals surface area contributed by atoms with Gasteiger partial charge in [0.2, 0.25) is 0 Å². The molecule has 3 N–H and O–H groups in total. The molecule has 10 heteroatoms. The van der Waals surface area contributed by atoms with Crippen molar-refractivity contribution in [3.63, 3.8) is 0 Å². The molecule has 2 aromatic carbocycles. The van der Waals surface area contributed by atoms with Gasteiger partial charge in [-0.15, -0.1) is 0 Å². The minimum atomic E-state index is -0.294. The van der Waals surface area contributed by atoms with Crippen molar-refractivity contribution < 1.29 is 9.59 Å². The smallest absolute Gasteiger partial charge is 0.255 e. The molecule has 2 amide bonds. The third kappa shape index (κ3) is 6.12. The molecular weight excluding hydrogens is 552 g/mol. The third-order valence-corrected chi connectivity index (χ3v) is 9.27. The summed E-state index contributed by atoms with van der Waals surface area (Å²) in [5.74, 6) is -0.151. The number of anilines is 2. The second kappa shape index (κ2) is 12.3. The van der Waals surface area contributed by atoms with E-state index >= 15 is 0 Å². The average molecular weight is 595 g/mol. The van der Waals surface area contributed by atoms with Crippen LogP contribution >= 0.6 is 0 Å². The Morgan fingerprint density at radius 1 is 0.977 bits per heavy atom. The van der Waals surface area contributed by atoms with E-state index in [4.69, 9.17) is 5.73 Å².